The molecule has 21 heavy (non-hydrogen) atoms. The average molecular weight is 295 g/mol. The second-order valence-corrected chi connectivity index (χ2v) is 7.15. The Morgan fingerprint density at radius 2 is 2.10 bits per heavy atom. The lowest BCUT2D eigenvalue weighted by Crippen LogP contribution is -2.41. The fraction of sp³-hybridized carbons (Fsp3) is 0.812. The van der Waals surface area contributed by atoms with Gasteiger partial charge in [-0.05, 0) is 47.5 Å². The van der Waals surface area contributed by atoms with Gasteiger partial charge in [0, 0.05) is 18.1 Å². The van der Waals surface area contributed by atoms with Crippen LogP contribution >= 0.6 is 0 Å². The molecule has 120 valence electrons. The van der Waals surface area contributed by atoms with Crippen LogP contribution in [-0.2, 0) is 4.74 Å². The summed E-state index contributed by atoms with van der Waals surface area (Å²) in [5.41, 5.74) is 0.142. The zero-order chi connectivity index (χ0) is 15.5. The molecule has 1 aromatic rings. The molecule has 2 unspecified atom stereocenters. The molecule has 0 amide bonds. The molecular formula is C16H29N3O2. The van der Waals surface area contributed by atoms with Crippen LogP contribution in [0.5, 0.6) is 5.75 Å². The first-order valence-corrected chi connectivity index (χ1v) is 7.91. The van der Waals surface area contributed by atoms with Crippen LogP contribution in [0, 0.1) is 0 Å². The largest absolute Gasteiger partial charge is 0.488 e. The van der Waals surface area contributed by atoms with E-state index in [0.717, 1.165) is 25.1 Å². The van der Waals surface area contributed by atoms with E-state index in [1.54, 1.807) is 6.20 Å². The Bertz CT molecular complexity index is 437. The Kier molecular flexibility index (Phi) is 5.27. The first kappa shape index (κ1) is 16.3. The van der Waals surface area contributed by atoms with Crippen molar-refractivity contribution in [3.8, 4) is 5.75 Å². The summed E-state index contributed by atoms with van der Waals surface area (Å²) in [5, 5.41) is 7.77. The monoisotopic (exact) mass is 295 g/mol. The topological polar surface area (TPSA) is 48.3 Å². The van der Waals surface area contributed by atoms with Gasteiger partial charge < -0.3 is 14.8 Å². The zero-order valence-corrected chi connectivity index (χ0v) is 13.9. The molecule has 1 aliphatic heterocycles. The lowest BCUT2D eigenvalue weighted by molar-refractivity contribution is 0.0162. The minimum Gasteiger partial charge on any atom is -0.488 e. The highest BCUT2D eigenvalue weighted by molar-refractivity contribution is 5.12. The van der Waals surface area contributed by atoms with E-state index in [1.165, 1.54) is 0 Å². The Labute approximate surface area is 128 Å². The third-order valence-electron chi connectivity index (χ3n) is 3.60. The molecule has 1 aromatic heterocycles. The van der Waals surface area contributed by atoms with Gasteiger partial charge in [0.2, 0.25) is 0 Å². The molecule has 2 rings (SSSR count). The predicted octanol–water partition coefficient (Wildman–Crippen LogP) is 2.78. The van der Waals surface area contributed by atoms with E-state index in [9.17, 15) is 0 Å². The van der Waals surface area contributed by atoms with Gasteiger partial charge in [-0.15, -0.1) is 0 Å². The maximum absolute atomic E-state index is 6.02. The number of aromatic nitrogens is 2. The van der Waals surface area contributed by atoms with Crippen LogP contribution in [0.1, 0.15) is 53.5 Å². The number of rotatable bonds is 6. The van der Waals surface area contributed by atoms with Crippen LogP contribution in [0.15, 0.2) is 12.4 Å². The van der Waals surface area contributed by atoms with E-state index in [0.29, 0.717) is 18.8 Å². The Morgan fingerprint density at radius 3 is 2.71 bits per heavy atom. The number of nitrogens with one attached hydrogen (secondary N) is 1. The van der Waals surface area contributed by atoms with E-state index in [2.05, 4.69) is 45.0 Å². The summed E-state index contributed by atoms with van der Waals surface area (Å²) in [5.74, 6) is 0.823. The van der Waals surface area contributed by atoms with Crippen LogP contribution in [0.3, 0.4) is 0 Å². The lowest BCUT2D eigenvalue weighted by Gasteiger charge is -2.23. The van der Waals surface area contributed by atoms with Crippen LogP contribution in [0.25, 0.3) is 0 Å². The normalized spacial score (nSPS) is 23.0. The van der Waals surface area contributed by atoms with Crippen molar-refractivity contribution < 1.29 is 9.47 Å². The average Bonchev–Trinajstić information content (AvgIpc) is 3.02. The van der Waals surface area contributed by atoms with Gasteiger partial charge in [0.25, 0.3) is 0 Å². The van der Waals surface area contributed by atoms with Crippen molar-refractivity contribution >= 4 is 0 Å². The van der Waals surface area contributed by atoms with Gasteiger partial charge in [-0.2, -0.15) is 5.10 Å². The van der Waals surface area contributed by atoms with Crippen molar-refractivity contribution in [3.63, 3.8) is 0 Å². The van der Waals surface area contributed by atoms with E-state index in [1.807, 2.05) is 10.9 Å². The fourth-order valence-corrected chi connectivity index (χ4v) is 2.34. The first-order chi connectivity index (χ1) is 9.83. The summed E-state index contributed by atoms with van der Waals surface area (Å²) in [6, 6.07) is 0.359. The summed E-state index contributed by atoms with van der Waals surface area (Å²) in [4.78, 5) is 0. The zero-order valence-electron chi connectivity index (χ0n) is 13.9. The summed E-state index contributed by atoms with van der Waals surface area (Å²) in [6.45, 7) is 12.2. The second-order valence-electron chi connectivity index (χ2n) is 7.15. The quantitative estimate of drug-likeness (QED) is 0.876. The maximum atomic E-state index is 6.02. The number of nitrogens with zero attached hydrogens (tertiary/aromatic N) is 2. The van der Waals surface area contributed by atoms with Crippen LogP contribution in [-0.4, -0.2) is 40.7 Å². The minimum absolute atomic E-state index is 0.142. The van der Waals surface area contributed by atoms with Crippen molar-refractivity contribution in [2.75, 3.05) is 13.2 Å². The maximum Gasteiger partial charge on any atom is 0.157 e. The molecule has 0 spiro atoms. The van der Waals surface area contributed by atoms with Crippen molar-refractivity contribution in [2.24, 2.45) is 0 Å². The molecule has 1 N–H and O–H groups in total. The molecular weight excluding hydrogens is 266 g/mol. The van der Waals surface area contributed by atoms with Gasteiger partial charge >= 0.3 is 0 Å². The van der Waals surface area contributed by atoms with Crippen molar-refractivity contribution in [3.05, 3.63) is 12.4 Å². The second kappa shape index (κ2) is 6.79. The summed E-state index contributed by atoms with van der Waals surface area (Å²) < 4.78 is 13.7. The molecule has 2 heterocycles. The molecule has 1 fully saturated rings. The van der Waals surface area contributed by atoms with E-state index in [4.69, 9.17) is 9.47 Å². The van der Waals surface area contributed by atoms with E-state index >= 15 is 0 Å². The van der Waals surface area contributed by atoms with Crippen molar-refractivity contribution in [1.29, 1.82) is 0 Å². The van der Waals surface area contributed by atoms with Gasteiger partial charge in [-0.3, -0.25) is 4.68 Å². The summed E-state index contributed by atoms with van der Waals surface area (Å²) >= 11 is 0. The first-order valence-electron chi connectivity index (χ1n) is 7.91. The molecule has 0 bridgehead atoms. The molecule has 0 radical (unpaired) electrons. The molecule has 0 aromatic carbocycles. The number of hydrogen-bond acceptors (Lipinski definition) is 4. The van der Waals surface area contributed by atoms with Crippen molar-refractivity contribution in [1.82, 2.24) is 15.1 Å². The molecule has 1 aliphatic rings. The van der Waals surface area contributed by atoms with Gasteiger partial charge in [0.05, 0.1) is 24.6 Å². The standard InChI is InChI=1S/C16H29N3O2/c1-12(2)19-10-15(9-18-19)20-11-14-7-6-13(21-14)8-17-16(3,4)5/h9-10,12-14,17H,6-8,11H2,1-5H3. The van der Waals surface area contributed by atoms with E-state index < -0.39 is 0 Å². The minimum atomic E-state index is 0.142. The van der Waals surface area contributed by atoms with Gasteiger partial charge in [0.1, 0.15) is 6.61 Å². The Morgan fingerprint density at radius 1 is 1.38 bits per heavy atom. The van der Waals surface area contributed by atoms with Gasteiger partial charge in [0.15, 0.2) is 5.75 Å². The molecule has 2 atom stereocenters. The Balaban J connectivity index is 1.70. The lowest BCUT2D eigenvalue weighted by atomic mass is 10.1. The summed E-state index contributed by atoms with van der Waals surface area (Å²) in [6.07, 6.45) is 6.37. The molecule has 5 heteroatoms. The highest BCUT2D eigenvalue weighted by atomic mass is 16.5. The molecule has 0 aliphatic carbocycles. The smallest absolute Gasteiger partial charge is 0.157 e. The fourth-order valence-electron chi connectivity index (χ4n) is 2.34. The van der Waals surface area contributed by atoms with Gasteiger partial charge in [-0.1, -0.05) is 0 Å². The molecule has 0 saturated carbocycles. The van der Waals surface area contributed by atoms with Crippen molar-refractivity contribution in [2.45, 2.75) is 71.2 Å². The van der Waals surface area contributed by atoms with E-state index in [-0.39, 0.29) is 11.6 Å². The third-order valence-corrected chi connectivity index (χ3v) is 3.60. The Hall–Kier alpha value is -1.07. The molecule has 1 saturated heterocycles. The number of ether oxygens (including phenoxy) is 2. The molecule has 5 nitrogen and oxygen atoms in total. The SMILES string of the molecule is CC(C)n1cc(OCC2CCC(CNC(C)(C)C)O2)cn1. The highest BCUT2D eigenvalue weighted by Gasteiger charge is 2.26. The predicted molar refractivity (Wildman–Crippen MR) is 83.8 cm³/mol. The number of hydrogen-bond donors (Lipinski definition) is 1. The van der Waals surface area contributed by atoms with Crippen LogP contribution < -0.4 is 10.1 Å². The van der Waals surface area contributed by atoms with Gasteiger partial charge in [-0.25, -0.2) is 0 Å². The third kappa shape index (κ3) is 5.32. The summed E-state index contributed by atoms with van der Waals surface area (Å²) in [7, 11) is 0. The van der Waals surface area contributed by atoms with Crippen LogP contribution in [0.2, 0.25) is 0 Å². The highest BCUT2D eigenvalue weighted by Crippen LogP contribution is 2.21. The van der Waals surface area contributed by atoms with Crippen LogP contribution in [0.4, 0.5) is 0 Å².